The number of esters is 1. The lowest BCUT2D eigenvalue weighted by Crippen LogP contribution is -2.42. The Balaban J connectivity index is 2.85. The van der Waals surface area contributed by atoms with Crippen LogP contribution in [0.15, 0.2) is 34.9 Å². The molecule has 1 aliphatic heterocycles. The number of carbonyl (C=O) groups is 1. The van der Waals surface area contributed by atoms with E-state index in [1.54, 1.807) is 26.0 Å². The van der Waals surface area contributed by atoms with E-state index in [9.17, 15) is 18.3 Å². The molecule has 1 aromatic rings. The van der Waals surface area contributed by atoms with Gasteiger partial charge in [0, 0.05) is 11.6 Å². The second kappa shape index (κ2) is 4.82. The Kier molecular flexibility index (Phi) is 3.47. The third-order valence-electron chi connectivity index (χ3n) is 2.97. The molecule has 0 fully saturated rings. The predicted molar refractivity (Wildman–Crippen MR) is 72.2 cm³/mol. The predicted octanol–water partition coefficient (Wildman–Crippen LogP) is 1.50. The Bertz CT molecular complexity index is 690. The normalized spacial score (nSPS) is 17.1. The van der Waals surface area contributed by atoms with Gasteiger partial charge >= 0.3 is 5.97 Å². The molecule has 1 N–H and O–H groups in total. The highest BCUT2D eigenvalue weighted by Gasteiger charge is 2.41. The first-order valence-corrected chi connectivity index (χ1v) is 7.41. The molecule has 1 heterocycles. The van der Waals surface area contributed by atoms with E-state index in [1.165, 1.54) is 12.1 Å². The number of hydrogen-bond acceptors (Lipinski definition) is 5. The van der Waals surface area contributed by atoms with Crippen molar-refractivity contribution in [3.8, 4) is 0 Å². The van der Waals surface area contributed by atoms with E-state index in [1.807, 2.05) is 0 Å². The van der Waals surface area contributed by atoms with Crippen LogP contribution in [-0.2, 0) is 19.6 Å². The van der Waals surface area contributed by atoms with Crippen molar-refractivity contribution in [3.05, 3.63) is 35.5 Å². The highest BCUT2D eigenvalue weighted by atomic mass is 32.2. The fourth-order valence-electron chi connectivity index (χ4n) is 2.16. The molecule has 1 aromatic carbocycles. The van der Waals surface area contributed by atoms with Crippen molar-refractivity contribution in [1.29, 1.82) is 0 Å². The lowest BCUT2D eigenvalue weighted by molar-refractivity contribution is -0.137. The number of hydrogen-bond donors (Lipinski definition) is 1. The molecule has 20 heavy (non-hydrogen) atoms. The number of fused-ring (bicyclic) bond motifs is 1. The summed E-state index contributed by atoms with van der Waals surface area (Å²) in [6.07, 6.45) is 0. The average molecular weight is 297 g/mol. The molecular weight excluding hydrogens is 282 g/mol. The zero-order chi connectivity index (χ0) is 15.1. The molecule has 1 aliphatic rings. The summed E-state index contributed by atoms with van der Waals surface area (Å²) in [4.78, 5) is 11.8. The zero-order valence-corrected chi connectivity index (χ0v) is 12.1. The van der Waals surface area contributed by atoms with Gasteiger partial charge in [0.2, 0.25) is 0 Å². The minimum Gasteiger partial charge on any atom is -0.505 e. The number of carbonyl (C=O) groups excluding carboxylic acids is 1. The standard InChI is InChI=1S/C13H15NO5S/c1-8(2)14-11(13(16)19-3)12(15)9-6-4-5-7-10(9)20(14,17)18/h4-8,15H,1-3H3. The minimum absolute atomic E-state index is 0.0288. The van der Waals surface area contributed by atoms with Crippen molar-refractivity contribution in [2.24, 2.45) is 0 Å². The van der Waals surface area contributed by atoms with Crippen LogP contribution in [0.4, 0.5) is 0 Å². The Morgan fingerprint density at radius 1 is 1.30 bits per heavy atom. The van der Waals surface area contributed by atoms with Crippen molar-refractivity contribution in [2.45, 2.75) is 24.8 Å². The molecule has 7 heteroatoms. The third-order valence-corrected chi connectivity index (χ3v) is 5.01. The van der Waals surface area contributed by atoms with Crippen molar-refractivity contribution in [3.63, 3.8) is 0 Å². The number of nitrogens with zero attached hydrogens (tertiary/aromatic N) is 1. The number of methoxy groups -OCH3 is 1. The molecular formula is C13H15NO5S. The summed E-state index contributed by atoms with van der Waals surface area (Å²) in [6.45, 7) is 3.23. The van der Waals surface area contributed by atoms with Crippen LogP contribution < -0.4 is 0 Å². The van der Waals surface area contributed by atoms with E-state index in [4.69, 9.17) is 0 Å². The van der Waals surface area contributed by atoms with E-state index in [-0.39, 0.29) is 16.2 Å². The molecule has 0 spiro atoms. The smallest absolute Gasteiger partial charge is 0.359 e. The largest absolute Gasteiger partial charge is 0.505 e. The molecule has 0 atom stereocenters. The van der Waals surface area contributed by atoms with Crippen LogP contribution in [0.2, 0.25) is 0 Å². The Morgan fingerprint density at radius 3 is 2.45 bits per heavy atom. The summed E-state index contributed by atoms with van der Waals surface area (Å²) in [5.41, 5.74) is -0.258. The maximum absolute atomic E-state index is 12.6. The van der Waals surface area contributed by atoms with Gasteiger partial charge in [0.15, 0.2) is 11.5 Å². The van der Waals surface area contributed by atoms with Gasteiger partial charge in [0.1, 0.15) is 0 Å². The Morgan fingerprint density at radius 2 is 1.90 bits per heavy atom. The monoisotopic (exact) mass is 297 g/mol. The van der Waals surface area contributed by atoms with Crippen LogP contribution in [0.5, 0.6) is 0 Å². The SMILES string of the molecule is COC(=O)C1=C(O)c2ccccc2S(=O)(=O)N1C(C)C. The molecule has 0 saturated heterocycles. The highest BCUT2D eigenvalue weighted by molar-refractivity contribution is 7.89. The summed E-state index contributed by atoms with van der Waals surface area (Å²) >= 11 is 0. The Labute approximate surface area is 117 Å². The fourth-order valence-corrected chi connectivity index (χ4v) is 4.03. The summed E-state index contributed by atoms with van der Waals surface area (Å²) in [5.74, 6) is -1.29. The number of aliphatic hydroxyl groups is 1. The topological polar surface area (TPSA) is 83.9 Å². The molecule has 0 radical (unpaired) electrons. The van der Waals surface area contributed by atoms with Gasteiger partial charge < -0.3 is 9.84 Å². The van der Waals surface area contributed by atoms with Crippen LogP contribution in [0, 0.1) is 0 Å². The maximum Gasteiger partial charge on any atom is 0.359 e. The number of ether oxygens (including phenoxy) is 1. The van der Waals surface area contributed by atoms with E-state index < -0.39 is 27.8 Å². The van der Waals surface area contributed by atoms with Crippen LogP contribution in [0.1, 0.15) is 19.4 Å². The minimum atomic E-state index is -3.90. The first kappa shape index (κ1) is 14.4. The van der Waals surface area contributed by atoms with E-state index in [0.29, 0.717) is 0 Å². The van der Waals surface area contributed by atoms with Crippen LogP contribution in [0.25, 0.3) is 5.76 Å². The van der Waals surface area contributed by atoms with E-state index >= 15 is 0 Å². The summed E-state index contributed by atoms with van der Waals surface area (Å²) in [7, 11) is -2.77. The molecule has 2 rings (SSSR count). The number of sulfonamides is 1. The quantitative estimate of drug-likeness (QED) is 0.836. The van der Waals surface area contributed by atoms with Gasteiger partial charge in [-0.25, -0.2) is 13.2 Å². The second-order valence-electron chi connectivity index (χ2n) is 4.58. The highest BCUT2D eigenvalue weighted by Crippen LogP contribution is 2.36. The zero-order valence-electron chi connectivity index (χ0n) is 11.3. The molecule has 0 aromatic heterocycles. The van der Waals surface area contributed by atoms with Gasteiger partial charge in [-0.2, -0.15) is 0 Å². The van der Waals surface area contributed by atoms with Crippen LogP contribution in [-0.4, -0.2) is 37.0 Å². The second-order valence-corrected chi connectivity index (χ2v) is 6.36. The maximum atomic E-state index is 12.6. The summed E-state index contributed by atoms with van der Waals surface area (Å²) in [6, 6.07) is 5.45. The average Bonchev–Trinajstić information content (AvgIpc) is 2.41. The lowest BCUT2D eigenvalue weighted by Gasteiger charge is -2.33. The third kappa shape index (κ3) is 1.94. The lowest BCUT2D eigenvalue weighted by atomic mass is 10.1. The number of aliphatic hydroxyl groups excluding tert-OH is 1. The van der Waals surface area contributed by atoms with E-state index in [2.05, 4.69) is 4.74 Å². The Hall–Kier alpha value is -2.02. The number of benzene rings is 1. The molecule has 108 valence electrons. The summed E-state index contributed by atoms with van der Waals surface area (Å²) in [5, 5.41) is 10.2. The number of rotatable bonds is 2. The van der Waals surface area contributed by atoms with Crippen molar-refractivity contribution < 1.29 is 23.1 Å². The van der Waals surface area contributed by atoms with Crippen molar-refractivity contribution >= 4 is 21.8 Å². The van der Waals surface area contributed by atoms with E-state index in [0.717, 1.165) is 11.4 Å². The first-order valence-electron chi connectivity index (χ1n) is 5.97. The van der Waals surface area contributed by atoms with Crippen LogP contribution >= 0.6 is 0 Å². The van der Waals surface area contributed by atoms with Gasteiger partial charge in [-0.3, -0.25) is 4.31 Å². The molecule has 0 amide bonds. The van der Waals surface area contributed by atoms with Crippen molar-refractivity contribution in [2.75, 3.05) is 7.11 Å². The van der Waals surface area contributed by atoms with Gasteiger partial charge in [-0.05, 0) is 26.0 Å². The molecule has 0 unspecified atom stereocenters. The van der Waals surface area contributed by atoms with Gasteiger partial charge in [-0.1, -0.05) is 12.1 Å². The van der Waals surface area contributed by atoms with Gasteiger partial charge in [0.05, 0.1) is 12.0 Å². The fraction of sp³-hybridized carbons (Fsp3) is 0.308. The van der Waals surface area contributed by atoms with Crippen molar-refractivity contribution in [1.82, 2.24) is 4.31 Å². The molecule has 0 aliphatic carbocycles. The summed E-state index contributed by atoms with van der Waals surface area (Å²) < 4.78 is 30.7. The first-order chi connectivity index (χ1) is 9.32. The molecule has 6 nitrogen and oxygen atoms in total. The molecule has 0 saturated carbocycles. The molecule has 0 bridgehead atoms. The van der Waals surface area contributed by atoms with Crippen LogP contribution in [0.3, 0.4) is 0 Å². The van der Waals surface area contributed by atoms with Gasteiger partial charge in [-0.15, -0.1) is 0 Å². The van der Waals surface area contributed by atoms with Gasteiger partial charge in [0.25, 0.3) is 10.0 Å².